The number of thiazole rings is 1. The highest BCUT2D eigenvalue weighted by atomic mass is 32.1. The molecule has 0 fully saturated rings. The second-order valence-corrected chi connectivity index (χ2v) is 7.12. The number of amides is 1. The number of carbonyl (C=O) groups excluding carboxylic acids is 1. The minimum Gasteiger partial charge on any atom is -0.373 e. The SMILES string of the molecule is CO[C@@H]1CN(C(=O)c2nc3c(F)cc(F)c(C)c3[nH]2)[C@@H](C)c2scnc21. The molecule has 1 N–H and O–H groups in total. The van der Waals surface area contributed by atoms with E-state index in [1.807, 2.05) is 6.92 Å². The van der Waals surface area contributed by atoms with E-state index in [1.54, 1.807) is 17.5 Å². The van der Waals surface area contributed by atoms with Gasteiger partial charge in [-0.3, -0.25) is 4.79 Å². The van der Waals surface area contributed by atoms with Gasteiger partial charge in [-0.05, 0) is 13.8 Å². The average Bonchev–Trinajstić information content (AvgIpc) is 3.27. The van der Waals surface area contributed by atoms with Crippen molar-refractivity contribution in [2.24, 2.45) is 0 Å². The molecule has 0 radical (unpaired) electrons. The third kappa shape index (κ3) is 2.42. The van der Waals surface area contributed by atoms with Crippen molar-refractivity contribution in [1.29, 1.82) is 0 Å². The molecule has 2 aromatic heterocycles. The van der Waals surface area contributed by atoms with Crippen LogP contribution in [0.5, 0.6) is 0 Å². The Morgan fingerprint density at radius 2 is 2.19 bits per heavy atom. The zero-order chi connectivity index (χ0) is 18.6. The summed E-state index contributed by atoms with van der Waals surface area (Å²) in [4.78, 5) is 26.8. The van der Waals surface area contributed by atoms with Gasteiger partial charge >= 0.3 is 0 Å². The van der Waals surface area contributed by atoms with Crippen LogP contribution in [-0.2, 0) is 4.74 Å². The molecular weight excluding hydrogens is 362 g/mol. The van der Waals surface area contributed by atoms with Crippen molar-refractivity contribution in [2.75, 3.05) is 13.7 Å². The van der Waals surface area contributed by atoms with Gasteiger partial charge in [0.1, 0.15) is 17.4 Å². The molecule has 1 amide bonds. The van der Waals surface area contributed by atoms with Gasteiger partial charge in [-0.25, -0.2) is 18.7 Å². The number of ether oxygens (including phenoxy) is 1. The molecule has 4 rings (SSSR count). The summed E-state index contributed by atoms with van der Waals surface area (Å²) in [6, 6.07) is 0.563. The molecule has 0 unspecified atom stereocenters. The van der Waals surface area contributed by atoms with Crippen LogP contribution < -0.4 is 0 Å². The zero-order valence-corrected chi connectivity index (χ0v) is 15.2. The average molecular weight is 378 g/mol. The highest BCUT2D eigenvalue weighted by Crippen LogP contribution is 2.38. The number of halogens is 2. The molecule has 1 aliphatic heterocycles. The summed E-state index contributed by atoms with van der Waals surface area (Å²) in [6.07, 6.45) is -0.336. The number of carbonyl (C=O) groups is 1. The first-order valence-electron chi connectivity index (χ1n) is 8.03. The summed E-state index contributed by atoms with van der Waals surface area (Å²) < 4.78 is 33.2. The van der Waals surface area contributed by atoms with Crippen molar-refractivity contribution in [1.82, 2.24) is 19.9 Å². The fourth-order valence-electron chi connectivity index (χ4n) is 3.29. The number of nitrogens with one attached hydrogen (secondary N) is 1. The Kier molecular flexibility index (Phi) is 4.00. The summed E-state index contributed by atoms with van der Waals surface area (Å²) in [7, 11) is 1.56. The molecule has 0 bridgehead atoms. The lowest BCUT2D eigenvalue weighted by atomic mass is 10.0. The van der Waals surface area contributed by atoms with Crippen molar-refractivity contribution < 1.29 is 18.3 Å². The maximum Gasteiger partial charge on any atom is 0.290 e. The van der Waals surface area contributed by atoms with E-state index in [-0.39, 0.29) is 34.6 Å². The van der Waals surface area contributed by atoms with E-state index in [0.717, 1.165) is 16.6 Å². The van der Waals surface area contributed by atoms with Gasteiger partial charge in [0.25, 0.3) is 5.91 Å². The molecule has 0 aliphatic carbocycles. The Bertz CT molecular complexity index is 1020. The highest BCUT2D eigenvalue weighted by molar-refractivity contribution is 7.09. The van der Waals surface area contributed by atoms with Gasteiger partial charge in [-0.1, -0.05) is 0 Å². The van der Waals surface area contributed by atoms with Crippen LogP contribution >= 0.6 is 11.3 Å². The van der Waals surface area contributed by atoms with Crippen LogP contribution in [0.4, 0.5) is 8.78 Å². The number of H-pyrrole nitrogens is 1. The van der Waals surface area contributed by atoms with E-state index in [4.69, 9.17) is 4.74 Å². The standard InChI is InChI=1S/C17H16F2N4O2S/c1-7-9(18)4-10(19)13-12(7)21-16(22-13)17(24)23-5-11(25-3)14-15(8(23)2)26-6-20-14/h4,6,8,11H,5H2,1-3H3,(H,21,22)/t8-,11+/m0/s1. The minimum atomic E-state index is -0.801. The molecule has 136 valence electrons. The molecule has 26 heavy (non-hydrogen) atoms. The number of aromatic amines is 1. The number of aromatic nitrogens is 3. The Morgan fingerprint density at radius 3 is 2.92 bits per heavy atom. The first-order valence-corrected chi connectivity index (χ1v) is 8.91. The van der Waals surface area contributed by atoms with Crippen LogP contribution in [0.15, 0.2) is 11.6 Å². The van der Waals surface area contributed by atoms with E-state index in [9.17, 15) is 13.6 Å². The molecular formula is C17H16F2N4O2S. The molecule has 0 spiro atoms. The number of nitrogens with zero attached hydrogens (tertiary/aromatic N) is 3. The maximum absolute atomic E-state index is 14.0. The monoisotopic (exact) mass is 378 g/mol. The molecule has 3 heterocycles. The predicted molar refractivity (Wildman–Crippen MR) is 92.1 cm³/mol. The molecule has 3 aromatic rings. The minimum absolute atomic E-state index is 0.0257. The first kappa shape index (κ1) is 17.0. The van der Waals surface area contributed by atoms with E-state index < -0.39 is 17.5 Å². The number of fused-ring (bicyclic) bond motifs is 2. The number of hydrogen-bond acceptors (Lipinski definition) is 5. The summed E-state index contributed by atoms with van der Waals surface area (Å²) in [6.45, 7) is 3.71. The fraction of sp³-hybridized carbons (Fsp3) is 0.353. The fourth-order valence-corrected chi connectivity index (χ4v) is 4.20. The zero-order valence-electron chi connectivity index (χ0n) is 14.3. The largest absolute Gasteiger partial charge is 0.373 e. The van der Waals surface area contributed by atoms with Crippen LogP contribution in [0, 0.1) is 18.6 Å². The van der Waals surface area contributed by atoms with Gasteiger partial charge < -0.3 is 14.6 Å². The Morgan fingerprint density at radius 1 is 1.42 bits per heavy atom. The molecule has 0 saturated heterocycles. The van der Waals surface area contributed by atoms with Crippen molar-refractivity contribution in [3.05, 3.63) is 45.2 Å². The van der Waals surface area contributed by atoms with Gasteiger partial charge in [0.15, 0.2) is 11.6 Å². The number of rotatable bonds is 2. The number of benzene rings is 1. The summed E-state index contributed by atoms with van der Waals surface area (Å²) >= 11 is 1.46. The molecule has 1 aliphatic rings. The number of methoxy groups -OCH3 is 1. The van der Waals surface area contributed by atoms with Crippen molar-refractivity contribution in [3.8, 4) is 0 Å². The van der Waals surface area contributed by atoms with E-state index >= 15 is 0 Å². The predicted octanol–water partition coefficient (Wildman–Crippen LogP) is 3.51. The Labute approximate surface area is 151 Å². The lowest BCUT2D eigenvalue weighted by Gasteiger charge is -2.35. The topological polar surface area (TPSA) is 71.1 Å². The van der Waals surface area contributed by atoms with E-state index in [0.29, 0.717) is 6.54 Å². The van der Waals surface area contributed by atoms with Crippen molar-refractivity contribution >= 4 is 28.3 Å². The van der Waals surface area contributed by atoms with E-state index in [1.165, 1.54) is 18.3 Å². The van der Waals surface area contributed by atoms with Gasteiger partial charge in [0.2, 0.25) is 0 Å². The summed E-state index contributed by atoms with van der Waals surface area (Å²) in [5.41, 5.74) is 2.93. The lowest BCUT2D eigenvalue weighted by Crippen LogP contribution is -2.41. The highest BCUT2D eigenvalue weighted by Gasteiger charge is 2.37. The van der Waals surface area contributed by atoms with Crippen LogP contribution in [0.3, 0.4) is 0 Å². The van der Waals surface area contributed by atoms with Crippen LogP contribution in [-0.4, -0.2) is 39.4 Å². The second-order valence-electron chi connectivity index (χ2n) is 6.23. The second kappa shape index (κ2) is 6.10. The summed E-state index contributed by atoms with van der Waals surface area (Å²) in [5.74, 6) is -1.90. The lowest BCUT2D eigenvalue weighted by molar-refractivity contribution is 0.0267. The third-order valence-electron chi connectivity index (χ3n) is 4.80. The van der Waals surface area contributed by atoms with Crippen molar-refractivity contribution in [3.63, 3.8) is 0 Å². The molecule has 6 nitrogen and oxygen atoms in total. The van der Waals surface area contributed by atoms with E-state index in [2.05, 4.69) is 15.0 Å². The number of aryl methyl sites for hydroxylation is 1. The first-order chi connectivity index (χ1) is 12.4. The quantitative estimate of drug-likeness (QED) is 0.741. The van der Waals surface area contributed by atoms with Crippen molar-refractivity contribution in [2.45, 2.75) is 26.0 Å². The third-order valence-corrected chi connectivity index (χ3v) is 5.82. The smallest absolute Gasteiger partial charge is 0.290 e. The van der Waals surface area contributed by atoms with Gasteiger partial charge in [0, 0.05) is 18.7 Å². The number of imidazole rings is 1. The molecule has 1 aromatic carbocycles. The molecule has 2 atom stereocenters. The van der Waals surface area contributed by atoms with Gasteiger partial charge in [0.05, 0.1) is 34.2 Å². The van der Waals surface area contributed by atoms with Gasteiger partial charge in [-0.2, -0.15) is 0 Å². The Hall–Kier alpha value is -2.39. The molecule has 0 saturated carbocycles. The normalized spacial score (nSPS) is 19.8. The van der Waals surface area contributed by atoms with Crippen LogP contribution in [0.2, 0.25) is 0 Å². The van der Waals surface area contributed by atoms with Crippen LogP contribution in [0.25, 0.3) is 11.0 Å². The number of hydrogen-bond donors (Lipinski definition) is 1. The maximum atomic E-state index is 14.0. The van der Waals surface area contributed by atoms with Crippen LogP contribution in [0.1, 0.15) is 45.8 Å². The molecule has 9 heteroatoms. The Balaban J connectivity index is 1.75. The van der Waals surface area contributed by atoms with Gasteiger partial charge in [-0.15, -0.1) is 11.3 Å². The summed E-state index contributed by atoms with van der Waals surface area (Å²) in [5, 5.41) is 0.